The molecule has 1 aliphatic rings. The second-order valence-corrected chi connectivity index (χ2v) is 7.44. The molecule has 1 fully saturated rings. The number of rotatable bonds is 3. The largest absolute Gasteiger partial charge is 0.495 e. The van der Waals surface area contributed by atoms with Crippen LogP contribution in [0, 0.1) is 11.8 Å². The summed E-state index contributed by atoms with van der Waals surface area (Å²) in [5.74, 6) is 7.51. The first kappa shape index (κ1) is 20.7. The van der Waals surface area contributed by atoms with Gasteiger partial charge in [0.05, 0.1) is 12.7 Å². The van der Waals surface area contributed by atoms with Gasteiger partial charge in [0.1, 0.15) is 5.75 Å². The van der Waals surface area contributed by atoms with Crippen LogP contribution in [0.3, 0.4) is 0 Å². The molecule has 31 heavy (non-hydrogen) atoms. The third-order valence-electron chi connectivity index (χ3n) is 5.03. The first-order valence-corrected chi connectivity index (χ1v) is 10.3. The van der Waals surface area contributed by atoms with Crippen LogP contribution < -0.4 is 9.64 Å². The van der Waals surface area contributed by atoms with Gasteiger partial charge in [0.25, 0.3) is 5.91 Å². The Balaban J connectivity index is 1.49. The number of hydrogen-bond donors (Lipinski definition) is 0. The van der Waals surface area contributed by atoms with Crippen LogP contribution >= 0.6 is 11.6 Å². The van der Waals surface area contributed by atoms with E-state index in [4.69, 9.17) is 16.3 Å². The lowest BCUT2D eigenvalue weighted by molar-refractivity contribution is 0.0746. The summed E-state index contributed by atoms with van der Waals surface area (Å²) >= 11 is 5.93. The van der Waals surface area contributed by atoms with Crippen molar-refractivity contribution in [2.75, 3.05) is 38.2 Å². The fourth-order valence-electron chi connectivity index (χ4n) is 3.36. The quantitative estimate of drug-likeness (QED) is 0.593. The topological polar surface area (TPSA) is 58.6 Å². The molecule has 0 atom stereocenters. The molecule has 1 saturated heterocycles. The summed E-state index contributed by atoms with van der Waals surface area (Å²) in [6, 6.07) is 14.4. The second-order valence-electron chi connectivity index (χ2n) is 7.00. The molecule has 7 heteroatoms. The van der Waals surface area contributed by atoms with E-state index in [1.807, 2.05) is 17.0 Å². The minimum atomic E-state index is -0.0224. The Morgan fingerprint density at radius 1 is 1.00 bits per heavy atom. The van der Waals surface area contributed by atoms with Gasteiger partial charge in [-0.2, -0.15) is 0 Å². The third kappa shape index (κ3) is 4.96. The fourth-order valence-corrected chi connectivity index (χ4v) is 3.48. The average Bonchev–Trinajstić information content (AvgIpc) is 2.83. The zero-order valence-electron chi connectivity index (χ0n) is 17.1. The van der Waals surface area contributed by atoms with Crippen molar-refractivity contribution in [2.24, 2.45) is 0 Å². The van der Waals surface area contributed by atoms with Crippen LogP contribution in [-0.4, -0.2) is 54.1 Å². The molecule has 156 valence electrons. The predicted octanol–water partition coefficient (Wildman–Crippen LogP) is 3.50. The molecule has 1 aliphatic heterocycles. The summed E-state index contributed by atoms with van der Waals surface area (Å²) < 4.78 is 5.43. The second kappa shape index (κ2) is 9.50. The van der Waals surface area contributed by atoms with Crippen LogP contribution in [0.15, 0.2) is 60.9 Å². The van der Waals surface area contributed by atoms with Crippen LogP contribution in [0.1, 0.15) is 21.5 Å². The standard InChI is InChI=1S/C24H21ClN4O2/c1-31-22-10-7-20(17-19(22)6-3-18-4-8-21(25)9-5-18)23(30)28-13-15-29(16-14-28)24-26-11-2-12-27-24/h2,4-5,7-12,17H,13-16H2,1H3. The molecule has 0 saturated carbocycles. The van der Waals surface area contributed by atoms with E-state index in [2.05, 4.69) is 26.7 Å². The van der Waals surface area contributed by atoms with Crippen LogP contribution in [0.2, 0.25) is 5.02 Å². The third-order valence-corrected chi connectivity index (χ3v) is 5.29. The Labute approximate surface area is 186 Å². The van der Waals surface area contributed by atoms with E-state index < -0.39 is 0 Å². The summed E-state index contributed by atoms with van der Waals surface area (Å²) in [4.78, 5) is 25.6. The zero-order chi connectivity index (χ0) is 21.6. The number of nitrogens with zero attached hydrogens (tertiary/aromatic N) is 4. The first-order chi connectivity index (χ1) is 15.1. The molecular weight excluding hydrogens is 412 g/mol. The Hall–Kier alpha value is -3.56. The van der Waals surface area contributed by atoms with Crippen molar-refractivity contribution >= 4 is 23.5 Å². The average molecular weight is 433 g/mol. The highest BCUT2D eigenvalue weighted by Gasteiger charge is 2.23. The number of halogens is 1. The number of amides is 1. The number of ether oxygens (including phenoxy) is 1. The highest BCUT2D eigenvalue weighted by molar-refractivity contribution is 6.30. The molecular formula is C24H21ClN4O2. The van der Waals surface area contributed by atoms with E-state index in [0.29, 0.717) is 54.0 Å². The van der Waals surface area contributed by atoms with E-state index in [1.54, 1.807) is 55.9 Å². The molecule has 4 rings (SSSR count). The van der Waals surface area contributed by atoms with Crippen molar-refractivity contribution in [1.82, 2.24) is 14.9 Å². The van der Waals surface area contributed by atoms with E-state index in [-0.39, 0.29) is 5.91 Å². The van der Waals surface area contributed by atoms with Crippen molar-refractivity contribution < 1.29 is 9.53 Å². The van der Waals surface area contributed by atoms with Gasteiger partial charge >= 0.3 is 0 Å². The Kier molecular flexibility index (Phi) is 6.34. The van der Waals surface area contributed by atoms with Gasteiger partial charge in [-0.05, 0) is 48.5 Å². The lowest BCUT2D eigenvalue weighted by atomic mass is 10.1. The van der Waals surface area contributed by atoms with Crippen molar-refractivity contribution in [3.63, 3.8) is 0 Å². The Morgan fingerprint density at radius 3 is 2.39 bits per heavy atom. The van der Waals surface area contributed by atoms with E-state index in [0.717, 1.165) is 5.56 Å². The molecule has 0 N–H and O–H groups in total. The number of anilines is 1. The number of methoxy groups -OCH3 is 1. The maximum Gasteiger partial charge on any atom is 0.254 e. The van der Waals surface area contributed by atoms with Crippen molar-refractivity contribution in [1.29, 1.82) is 0 Å². The van der Waals surface area contributed by atoms with Crippen molar-refractivity contribution in [3.8, 4) is 17.6 Å². The molecule has 6 nitrogen and oxygen atoms in total. The molecule has 0 aliphatic carbocycles. The van der Waals surface area contributed by atoms with Crippen LogP contribution in [0.25, 0.3) is 0 Å². The molecule has 2 aromatic carbocycles. The normalized spacial score (nSPS) is 13.4. The van der Waals surface area contributed by atoms with Gasteiger partial charge in [-0.3, -0.25) is 4.79 Å². The molecule has 1 aromatic heterocycles. The smallest absolute Gasteiger partial charge is 0.254 e. The lowest BCUT2D eigenvalue weighted by Crippen LogP contribution is -2.49. The minimum Gasteiger partial charge on any atom is -0.495 e. The molecule has 0 bridgehead atoms. The summed E-state index contributed by atoms with van der Waals surface area (Å²) in [7, 11) is 1.59. The summed E-state index contributed by atoms with van der Waals surface area (Å²) in [5, 5.41) is 0.662. The monoisotopic (exact) mass is 432 g/mol. The molecule has 3 aromatic rings. The summed E-state index contributed by atoms with van der Waals surface area (Å²) in [6.07, 6.45) is 3.45. The lowest BCUT2D eigenvalue weighted by Gasteiger charge is -2.34. The fraction of sp³-hybridized carbons (Fsp3) is 0.208. The van der Waals surface area contributed by atoms with Crippen molar-refractivity contribution in [2.45, 2.75) is 0 Å². The predicted molar refractivity (Wildman–Crippen MR) is 121 cm³/mol. The molecule has 0 spiro atoms. The number of aromatic nitrogens is 2. The molecule has 1 amide bonds. The zero-order valence-corrected chi connectivity index (χ0v) is 17.8. The SMILES string of the molecule is COc1ccc(C(=O)N2CCN(c3ncccn3)CC2)cc1C#Cc1ccc(Cl)cc1. The van der Waals surface area contributed by atoms with Gasteiger partial charge < -0.3 is 14.5 Å². The maximum atomic E-state index is 13.1. The summed E-state index contributed by atoms with van der Waals surface area (Å²) in [5.41, 5.74) is 2.09. The van der Waals surface area contributed by atoms with Gasteiger partial charge in [0.15, 0.2) is 0 Å². The highest BCUT2D eigenvalue weighted by atomic mass is 35.5. The van der Waals surface area contributed by atoms with Gasteiger partial charge in [-0.15, -0.1) is 0 Å². The number of benzene rings is 2. The maximum absolute atomic E-state index is 13.1. The molecule has 2 heterocycles. The Bertz CT molecular complexity index is 1120. The molecule has 0 unspecified atom stereocenters. The number of carbonyl (C=O) groups excluding carboxylic acids is 1. The van der Waals surface area contributed by atoms with E-state index >= 15 is 0 Å². The first-order valence-electron chi connectivity index (χ1n) is 9.91. The highest BCUT2D eigenvalue weighted by Crippen LogP contribution is 2.21. The van der Waals surface area contributed by atoms with E-state index in [1.165, 1.54) is 0 Å². The van der Waals surface area contributed by atoms with Gasteiger partial charge in [0.2, 0.25) is 5.95 Å². The number of piperazine rings is 1. The van der Waals surface area contributed by atoms with Crippen molar-refractivity contribution in [3.05, 3.63) is 82.6 Å². The van der Waals surface area contributed by atoms with Crippen LogP contribution in [0.5, 0.6) is 5.75 Å². The van der Waals surface area contributed by atoms with Crippen LogP contribution in [-0.2, 0) is 0 Å². The minimum absolute atomic E-state index is 0.0224. The van der Waals surface area contributed by atoms with Gasteiger partial charge in [0, 0.05) is 54.7 Å². The molecule has 0 radical (unpaired) electrons. The summed E-state index contributed by atoms with van der Waals surface area (Å²) in [6.45, 7) is 2.59. The Morgan fingerprint density at radius 2 is 1.71 bits per heavy atom. The van der Waals surface area contributed by atoms with E-state index in [9.17, 15) is 4.79 Å². The van der Waals surface area contributed by atoms with Gasteiger partial charge in [-0.25, -0.2) is 9.97 Å². The van der Waals surface area contributed by atoms with Gasteiger partial charge in [-0.1, -0.05) is 23.4 Å². The number of hydrogen-bond acceptors (Lipinski definition) is 5. The number of carbonyl (C=O) groups is 1. The van der Waals surface area contributed by atoms with Crippen LogP contribution in [0.4, 0.5) is 5.95 Å².